The van der Waals surface area contributed by atoms with E-state index in [2.05, 4.69) is 39.4 Å². The van der Waals surface area contributed by atoms with Gasteiger partial charge in [-0.1, -0.05) is 41.2 Å². The van der Waals surface area contributed by atoms with Gasteiger partial charge in [0.25, 0.3) is 0 Å². The van der Waals surface area contributed by atoms with E-state index < -0.39 is 0 Å². The van der Waals surface area contributed by atoms with Gasteiger partial charge in [0, 0.05) is 11.8 Å². The molecule has 0 fully saturated rings. The van der Waals surface area contributed by atoms with Crippen LogP contribution in [-0.4, -0.2) is 24.7 Å². The lowest BCUT2D eigenvalue weighted by Gasteiger charge is -2.02. The van der Waals surface area contributed by atoms with Gasteiger partial charge in [0.2, 0.25) is 0 Å². The molecule has 0 radical (unpaired) electrons. The normalized spacial score (nSPS) is 10.7. The van der Waals surface area contributed by atoms with Gasteiger partial charge in [-0.3, -0.25) is 0 Å². The first kappa shape index (κ1) is 14.5. The maximum absolute atomic E-state index is 4.75. The van der Waals surface area contributed by atoms with Gasteiger partial charge >= 0.3 is 0 Å². The molecule has 4 aromatic rings. The van der Waals surface area contributed by atoms with Crippen LogP contribution in [0.2, 0.25) is 0 Å². The number of anilines is 2. The highest BCUT2D eigenvalue weighted by Crippen LogP contribution is 2.35. The molecule has 0 atom stereocenters. The number of hydrogen-bond acceptors (Lipinski definition) is 6. The van der Waals surface area contributed by atoms with E-state index in [1.807, 2.05) is 30.3 Å². The summed E-state index contributed by atoms with van der Waals surface area (Å²) < 4.78 is 1.74. The van der Waals surface area contributed by atoms with Crippen LogP contribution in [-0.2, 0) is 0 Å². The summed E-state index contributed by atoms with van der Waals surface area (Å²) in [5, 5.41) is 9.17. The Kier molecular flexibility index (Phi) is 3.76. The molecule has 0 amide bonds. The summed E-state index contributed by atoms with van der Waals surface area (Å²) in [5.41, 5.74) is 3.10. The monoisotopic (exact) mass is 334 g/mol. The molecule has 0 unspecified atom stereocenters. The molecule has 0 saturated carbocycles. The Balaban J connectivity index is 1.79. The van der Waals surface area contributed by atoms with Gasteiger partial charge in [-0.15, -0.1) is 0 Å². The summed E-state index contributed by atoms with van der Waals surface area (Å²) >= 11 is 1.51. The third kappa shape index (κ3) is 2.89. The lowest BCUT2D eigenvalue weighted by atomic mass is 10.1. The summed E-state index contributed by atoms with van der Waals surface area (Å²) in [5.74, 6) is 0.757. The molecule has 7 heteroatoms. The fourth-order valence-corrected chi connectivity index (χ4v) is 3.28. The molecule has 4 rings (SSSR count). The van der Waals surface area contributed by atoms with Crippen molar-refractivity contribution < 1.29 is 0 Å². The number of rotatable bonds is 4. The molecule has 0 spiro atoms. The molecule has 0 aliphatic carbocycles. The third-order valence-corrected chi connectivity index (χ3v) is 4.39. The minimum Gasteiger partial charge on any atom is -0.316 e. The quantitative estimate of drug-likeness (QED) is 0.614. The van der Waals surface area contributed by atoms with Gasteiger partial charge in [-0.25, -0.2) is 19.6 Å². The average molecular weight is 334 g/mol. The second-order valence-corrected chi connectivity index (χ2v) is 6.20. The molecule has 0 aliphatic heterocycles. The molecule has 24 heavy (non-hydrogen) atoms. The van der Waals surface area contributed by atoms with Crippen LogP contribution < -0.4 is 5.32 Å². The van der Waals surface area contributed by atoms with Gasteiger partial charge in [-0.05, 0) is 25.1 Å². The van der Waals surface area contributed by atoms with Gasteiger partial charge < -0.3 is 5.32 Å². The highest BCUT2D eigenvalue weighted by Gasteiger charge is 2.16. The van der Waals surface area contributed by atoms with Crippen molar-refractivity contribution in [2.45, 2.75) is 6.92 Å². The Hall–Kier alpha value is -3.06. The maximum atomic E-state index is 4.75. The third-order valence-electron chi connectivity index (χ3n) is 3.43. The zero-order valence-electron chi connectivity index (χ0n) is 12.9. The number of hydrogen-bond donors (Lipinski definition) is 1. The smallest absolute Gasteiger partial charge is 0.190 e. The largest absolute Gasteiger partial charge is 0.316 e. The molecular weight excluding hydrogens is 320 g/mol. The summed E-state index contributed by atoms with van der Waals surface area (Å²) in [7, 11) is 0. The minimum atomic E-state index is 0.757. The van der Waals surface area contributed by atoms with Gasteiger partial charge in [0.05, 0.1) is 0 Å². The first-order valence-corrected chi connectivity index (χ1v) is 8.22. The van der Waals surface area contributed by atoms with E-state index in [4.69, 9.17) is 4.98 Å². The van der Waals surface area contributed by atoms with E-state index in [9.17, 15) is 0 Å². The van der Waals surface area contributed by atoms with Crippen LogP contribution in [0.25, 0.3) is 16.3 Å². The zero-order chi connectivity index (χ0) is 16.4. The lowest BCUT2D eigenvalue weighted by Crippen LogP contribution is -1.94. The molecule has 118 valence electrons. The number of aromatic nitrogens is 5. The van der Waals surface area contributed by atoms with Crippen LogP contribution in [0.4, 0.5) is 10.9 Å². The standard InChI is InChI=1S/C17H14N6S/c1-12-5-4-6-13(9-12)15-16(23-11-18-10-20-23)24-17(22-15)21-14-7-2-3-8-19-14/h2-11H,1H3,(H,19,21,22). The number of pyridine rings is 1. The second-order valence-electron chi connectivity index (χ2n) is 5.22. The van der Waals surface area contributed by atoms with E-state index in [1.165, 1.54) is 23.2 Å². The van der Waals surface area contributed by atoms with Crippen molar-refractivity contribution in [3.05, 3.63) is 66.9 Å². The van der Waals surface area contributed by atoms with Crippen LogP contribution >= 0.6 is 11.3 Å². The summed E-state index contributed by atoms with van der Waals surface area (Å²) in [4.78, 5) is 13.1. The van der Waals surface area contributed by atoms with E-state index in [0.29, 0.717) is 0 Å². The van der Waals surface area contributed by atoms with E-state index in [-0.39, 0.29) is 0 Å². The highest BCUT2D eigenvalue weighted by atomic mass is 32.1. The van der Waals surface area contributed by atoms with Crippen LogP contribution in [0.3, 0.4) is 0 Å². The summed E-state index contributed by atoms with van der Waals surface area (Å²) in [6.07, 6.45) is 4.94. The summed E-state index contributed by atoms with van der Waals surface area (Å²) in [6.45, 7) is 2.07. The number of aryl methyl sites for hydroxylation is 1. The van der Waals surface area contributed by atoms with E-state index >= 15 is 0 Å². The highest BCUT2D eigenvalue weighted by molar-refractivity contribution is 7.18. The van der Waals surface area contributed by atoms with Gasteiger partial charge in [0.15, 0.2) is 5.13 Å². The molecule has 0 bridgehead atoms. The summed E-state index contributed by atoms with van der Waals surface area (Å²) in [6, 6.07) is 14.0. The molecular formula is C17H14N6S. The molecule has 0 aliphatic rings. The fraction of sp³-hybridized carbons (Fsp3) is 0.0588. The number of nitrogens with zero attached hydrogens (tertiary/aromatic N) is 5. The zero-order valence-corrected chi connectivity index (χ0v) is 13.7. The van der Waals surface area contributed by atoms with Crippen LogP contribution in [0.5, 0.6) is 0 Å². The van der Waals surface area contributed by atoms with Crippen LogP contribution in [0, 0.1) is 6.92 Å². The molecule has 1 N–H and O–H groups in total. The number of thiazole rings is 1. The lowest BCUT2D eigenvalue weighted by molar-refractivity contribution is 0.895. The number of benzene rings is 1. The van der Waals surface area contributed by atoms with Gasteiger partial charge in [-0.2, -0.15) is 5.10 Å². The second kappa shape index (κ2) is 6.21. The number of nitrogens with one attached hydrogen (secondary N) is 1. The Morgan fingerprint density at radius 2 is 2.08 bits per heavy atom. The first-order valence-electron chi connectivity index (χ1n) is 7.40. The fourth-order valence-electron chi connectivity index (χ4n) is 2.36. The molecule has 3 aromatic heterocycles. The molecule has 6 nitrogen and oxygen atoms in total. The van der Waals surface area contributed by atoms with Crippen molar-refractivity contribution in [2.75, 3.05) is 5.32 Å². The average Bonchev–Trinajstić information content (AvgIpc) is 3.25. The Labute approximate surface area is 142 Å². The van der Waals surface area contributed by atoms with Crippen molar-refractivity contribution in [1.82, 2.24) is 24.7 Å². The molecule has 1 aromatic carbocycles. The van der Waals surface area contributed by atoms with Crippen molar-refractivity contribution >= 4 is 22.3 Å². The topological polar surface area (TPSA) is 68.5 Å². The molecule has 0 saturated heterocycles. The van der Waals surface area contributed by atoms with Crippen molar-refractivity contribution in [2.24, 2.45) is 0 Å². The SMILES string of the molecule is Cc1cccc(-c2nc(Nc3ccccn3)sc2-n2cncn2)c1. The Morgan fingerprint density at radius 1 is 1.12 bits per heavy atom. The predicted octanol–water partition coefficient (Wildman–Crippen LogP) is 3.84. The van der Waals surface area contributed by atoms with Crippen molar-refractivity contribution in [3.8, 4) is 16.3 Å². The minimum absolute atomic E-state index is 0.757. The predicted molar refractivity (Wildman–Crippen MR) is 94.7 cm³/mol. The maximum Gasteiger partial charge on any atom is 0.190 e. The van der Waals surface area contributed by atoms with Crippen molar-refractivity contribution in [1.29, 1.82) is 0 Å². The van der Waals surface area contributed by atoms with Crippen molar-refractivity contribution in [3.63, 3.8) is 0 Å². The van der Waals surface area contributed by atoms with E-state index in [0.717, 1.165) is 27.2 Å². The Morgan fingerprint density at radius 3 is 2.83 bits per heavy atom. The first-order chi connectivity index (χ1) is 11.8. The molecule has 3 heterocycles. The van der Waals surface area contributed by atoms with Gasteiger partial charge in [0.1, 0.15) is 29.2 Å². The van der Waals surface area contributed by atoms with E-state index in [1.54, 1.807) is 17.2 Å². The van der Waals surface area contributed by atoms with Crippen LogP contribution in [0.1, 0.15) is 5.56 Å². The van der Waals surface area contributed by atoms with Crippen LogP contribution in [0.15, 0.2) is 61.3 Å². The Bertz CT molecular complexity index is 946.